The van der Waals surface area contributed by atoms with Crippen LogP contribution in [0.4, 0.5) is 8.78 Å². The highest BCUT2D eigenvalue weighted by Crippen LogP contribution is 2.45. The van der Waals surface area contributed by atoms with Crippen LogP contribution in [-0.2, 0) is 4.74 Å². The number of ether oxygens (including phenoxy) is 1. The Morgan fingerprint density at radius 2 is 1.68 bits per heavy atom. The lowest BCUT2D eigenvalue weighted by Gasteiger charge is -2.47. The van der Waals surface area contributed by atoms with Gasteiger partial charge in [0.05, 0.1) is 17.7 Å². The molecule has 1 aliphatic rings. The van der Waals surface area contributed by atoms with Crippen molar-refractivity contribution in [3.63, 3.8) is 0 Å². The zero-order valence-electron chi connectivity index (χ0n) is 13.5. The number of halogens is 2. The molecule has 0 bridgehead atoms. The maximum atomic E-state index is 13.3. The van der Waals surface area contributed by atoms with Crippen molar-refractivity contribution in [3.05, 3.63) is 47.5 Å². The van der Waals surface area contributed by atoms with Crippen molar-refractivity contribution in [3.8, 4) is 0 Å². The fraction of sp³-hybridized carbons (Fsp3) is 0.333. The highest BCUT2D eigenvalue weighted by atomic mass is 19.3. The molecule has 0 aromatic heterocycles. The van der Waals surface area contributed by atoms with Crippen LogP contribution in [-0.4, -0.2) is 42.2 Å². The first-order valence-corrected chi connectivity index (χ1v) is 7.70. The molecule has 0 atom stereocenters. The number of fused-ring (bicyclic) bond motifs is 1. The Balaban J connectivity index is 1.82. The first kappa shape index (κ1) is 17.3. The van der Waals surface area contributed by atoms with Gasteiger partial charge in [-0.3, -0.25) is 4.79 Å². The standard InChI is InChI=1S/C18H17F2NO4/c1-25-10-17(8-18(19,20)9-17)21-15(22)13-4-2-12-7-14(16(23)24)5-3-11(12)6-13/h2-7H,8-10H2,1H3,(H,21,22)(H,23,24). The monoisotopic (exact) mass is 349 g/mol. The second-order valence-electron chi connectivity index (χ2n) is 6.46. The number of nitrogens with one attached hydrogen (secondary N) is 1. The maximum absolute atomic E-state index is 13.3. The summed E-state index contributed by atoms with van der Waals surface area (Å²) in [4.78, 5) is 23.4. The van der Waals surface area contributed by atoms with Crippen molar-refractivity contribution in [2.24, 2.45) is 0 Å². The minimum atomic E-state index is -2.79. The minimum Gasteiger partial charge on any atom is -0.478 e. The van der Waals surface area contributed by atoms with E-state index in [0.717, 1.165) is 0 Å². The number of carboxylic acid groups (broad SMARTS) is 1. The van der Waals surface area contributed by atoms with Crippen LogP contribution in [0.15, 0.2) is 36.4 Å². The SMILES string of the molecule is COCC1(NC(=O)c2ccc3cc(C(=O)O)ccc3c2)CC(F)(F)C1. The van der Waals surface area contributed by atoms with Crippen LogP contribution in [0.2, 0.25) is 0 Å². The summed E-state index contributed by atoms with van der Waals surface area (Å²) in [6.45, 7) is 0.0177. The van der Waals surface area contributed by atoms with Gasteiger partial charge in [-0.25, -0.2) is 13.6 Å². The second kappa shape index (κ2) is 6.07. The summed E-state index contributed by atoms with van der Waals surface area (Å²) in [6.07, 6.45) is -0.899. The third-order valence-corrected chi connectivity index (χ3v) is 4.34. The number of carboxylic acids is 1. The lowest BCUT2D eigenvalue weighted by molar-refractivity contribution is -0.146. The molecule has 2 aromatic carbocycles. The molecule has 1 saturated carbocycles. The predicted molar refractivity (Wildman–Crippen MR) is 87.2 cm³/mol. The molecule has 7 heteroatoms. The lowest BCUT2D eigenvalue weighted by atomic mass is 9.73. The van der Waals surface area contributed by atoms with E-state index < -0.39 is 36.2 Å². The zero-order chi connectivity index (χ0) is 18.2. The summed E-state index contributed by atoms with van der Waals surface area (Å²) in [7, 11) is 1.40. The fourth-order valence-electron chi connectivity index (χ4n) is 3.27. The Kier molecular flexibility index (Phi) is 4.20. The number of carbonyl (C=O) groups is 2. The molecule has 0 radical (unpaired) electrons. The molecule has 0 saturated heterocycles. The molecule has 25 heavy (non-hydrogen) atoms. The third kappa shape index (κ3) is 3.46. The summed E-state index contributed by atoms with van der Waals surface area (Å²) in [5, 5.41) is 13.0. The third-order valence-electron chi connectivity index (χ3n) is 4.34. The van der Waals surface area contributed by atoms with E-state index in [1.54, 1.807) is 24.3 Å². The van der Waals surface area contributed by atoms with Gasteiger partial charge < -0.3 is 15.2 Å². The molecule has 0 aliphatic heterocycles. The van der Waals surface area contributed by atoms with Gasteiger partial charge in [0.1, 0.15) is 0 Å². The van der Waals surface area contributed by atoms with Crippen molar-refractivity contribution >= 4 is 22.6 Å². The van der Waals surface area contributed by atoms with Gasteiger partial charge in [-0.2, -0.15) is 0 Å². The van der Waals surface area contributed by atoms with Crippen LogP contribution >= 0.6 is 0 Å². The number of aromatic carboxylic acids is 1. The second-order valence-corrected chi connectivity index (χ2v) is 6.46. The minimum absolute atomic E-state index is 0.0177. The molecular weight excluding hydrogens is 332 g/mol. The predicted octanol–water partition coefficient (Wildman–Crippen LogP) is 3.08. The van der Waals surface area contributed by atoms with Gasteiger partial charge in [-0.15, -0.1) is 0 Å². The average Bonchev–Trinajstić information content (AvgIpc) is 2.52. The molecule has 0 heterocycles. The first-order chi connectivity index (χ1) is 11.7. The Morgan fingerprint density at radius 3 is 2.20 bits per heavy atom. The van der Waals surface area contributed by atoms with Gasteiger partial charge in [0, 0.05) is 25.5 Å². The molecule has 3 rings (SSSR count). The highest BCUT2D eigenvalue weighted by Gasteiger charge is 2.57. The van der Waals surface area contributed by atoms with Crippen LogP contribution in [0, 0.1) is 0 Å². The molecule has 132 valence electrons. The average molecular weight is 349 g/mol. The normalized spacial score (nSPS) is 17.7. The van der Waals surface area contributed by atoms with Gasteiger partial charge in [-0.1, -0.05) is 12.1 Å². The number of alkyl halides is 2. The number of rotatable bonds is 5. The van der Waals surface area contributed by atoms with Crippen molar-refractivity contribution in [1.29, 1.82) is 0 Å². The molecule has 1 fully saturated rings. The number of carbonyl (C=O) groups excluding carboxylic acids is 1. The summed E-state index contributed by atoms with van der Waals surface area (Å²) in [5.41, 5.74) is -0.584. The Bertz CT molecular complexity index is 842. The highest BCUT2D eigenvalue weighted by molar-refractivity contribution is 6.00. The number of hydrogen-bond acceptors (Lipinski definition) is 3. The smallest absolute Gasteiger partial charge is 0.335 e. The summed E-state index contributed by atoms with van der Waals surface area (Å²) in [6, 6.07) is 9.35. The zero-order valence-corrected chi connectivity index (χ0v) is 13.5. The molecule has 2 N–H and O–H groups in total. The van der Waals surface area contributed by atoms with E-state index in [1.807, 2.05) is 0 Å². The lowest BCUT2D eigenvalue weighted by Crippen LogP contribution is -2.64. The molecule has 1 amide bonds. The quantitative estimate of drug-likeness (QED) is 0.870. The molecular formula is C18H17F2NO4. The number of methoxy groups -OCH3 is 1. The van der Waals surface area contributed by atoms with E-state index in [2.05, 4.69) is 5.32 Å². The van der Waals surface area contributed by atoms with Crippen LogP contribution in [0.1, 0.15) is 33.6 Å². The van der Waals surface area contributed by atoms with E-state index >= 15 is 0 Å². The molecule has 0 unspecified atom stereocenters. The Hall–Kier alpha value is -2.54. The van der Waals surface area contributed by atoms with Crippen molar-refractivity contribution in [2.45, 2.75) is 24.3 Å². The van der Waals surface area contributed by atoms with E-state index in [-0.39, 0.29) is 12.2 Å². The molecule has 5 nitrogen and oxygen atoms in total. The van der Waals surface area contributed by atoms with E-state index in [1.165, 1.54) is 19.2 Å². The summed E-state index contributed by atoms with van der Waals surface area (Å²) < 4.78 is 31.5. The topological polar surface area (TPSA) is 75.6 Å². The van der Waals surface area contributed by atoms with Crippen LogP contribution in [0.3, 0.4) is 0 Å². The van der Waals surface area contributed by atoms with Gasteiger partial charge in [0.2, 0.25) is 0 Å². The van der Waals surface area contributed by atoms with Crippen LogP contribution < -0.4 is 5.32 Å². The van der Waals surface area contributed by atoms with Crippen molar-refractivity contribution in [1.82, 2.24) is 5.32 Å². The maximum Gasteiger partial charge on any atom is 0.335 e. The van der Waals surface area contributed by atoms with Gasteiger partial charge in [0.15, 0.2) is 0 Å². The van der Waals surface area contributed by atoms with Crippen LogP contribution in [0.5, 0.6) is 0 Å². The number of benzene rings is 2. The Morgan fingerprint density at radius 1 is 1.12 bits per heavy atom. The van der Waals surface area contributed by atoms with E-state index in [4.69, 9.17) is 9.84 Å². The Labute approximate surface area is 142 Å². The van der Waals surface area contributed by atoms with Crippen molar-refractivity contribution < 1.29 is 28.2 Å². The van der Waals surface area contributed by atoms with E-state index in [9.17, 15) is 18.4 Å². The van der Waals surface area contributed by atoms with Gasteiger partial charge in [0.25, 0.3) is 11.8 Å². The van der Waals surface area contributed by atoms with Crippen LogP contribution in [0.25, 0.3) is 10.8 Å². The van der Waals surface area contributed by atoms with Gasteiger partial charge in [-0.05, 0) is 35.0 Å². The number of amides is 1. The van der Waals surface area contributed by atoms with E-state index in [0.29, 0.717) is 16.3 Å². The summed E-state index contributed by atoms with van der Waals surface area (Å²) >= 11 is 0. The largest absolute Gasteiger partial charge is 0.478 e. The molecule has 2 aromatic rings. The number of hydrogen-bond donors (Lipinski definition) is 2. The molecule has 0 spiro atoms. The molecule has 1 aliphatic carbocycles. The van der Waals surface area contributed by atoms with Crippen molar-refractivity contribution in [2.75, 3.05) is 13.7 Å². The fourth-order valence-corrected chi connectivity index (χ4v) is 3.27. The van der Waals surface area contributed by atoms with Gasteiger partial charge >= 0.3 is 5.97 Å². The summed E-state index contributed by atoms with van der Waals surface area (Å²) in [5.74, 6) is -4.28. The first-order valence-electron chi connectivity index (χ1n) is 7.70.